The van der Waals surface area contributed by atoms with Crippen LogP contribution in [-0.2, 0) is 0 Å². The Bertz CT molecular complexity index is 143. The van der Waals surface area contributed by atoms with Crippen molar-refractivity contribution in [3.05, 3.63) is 11.4 Å². The van der Waals surface area contributed by atoms with Crippen LogP contribution >= 0.6 is 46.4 Å². The summed E-state index contributed by atoms with van der Waals surface area (Å²) in [7, 11) is 0. The minimum atomic E-state index is -2.18. The standard InChI is InChI=1S/C3HCl4N/c1-8-3(6,7)2(4)5/h2H/i2D. The zero-order chi connectivity index (χ0) is 7.71. The summed E-state index contributed by atoms with van der Waals surface area (Å²) in [5.74, 6) is 0. The second-order valence-corrected chi connectivity index (χ2v) is 3.15. The van der Waals surface area contributed by atoms with Crippen LogP contribution in [0.5, 0.6) is 0 Å². The fourth-order valence-corrected chi connectivity index (χ4v) is 0.127. The van der Waals surface area contributed by atoms with Crippen LogP contribution in [0.1, 0.15) is 1.37 Å². The van der Waals surface area contributed by atoms with Gasteiger partial charge in [-0.1, -0.05) is 23.2 Å². The molecule has 46 valence electrons. The van der Waals surface area contributed by atoms with Gasteiger partial charge in [-0.3, -0.25) is 4.85 Å². The number of alkyl halides is 4. The molecule has 0 saturated heterocycles. The van der Waals surface area contributed by atoms with Crippen molar-refractivity contribution in [2.24, 2.45) is 0 Å². The van der Waals surface area contributed by atoms with Crippen molar-refractivity contribution in [2.75, 3.05) is 0 Å². The summed E-state index contributed by atoms with van der Waals surface area (Å²) < 4.78 is 4.70. The smallest absolute Gasteiger partial charge is 0.273 e. The molecule has 0 aromatic rings. The number of nitrogens with zero attached hydrogens (tertiary/aromatic N) is 1. The van der Waals surface area contributed by atoms with E-state index < -0.39 is 9.27 Å². The normalized spacial score (nSPS) is 14.6. The Labute approximate surface area is 68.7 Å². The molecule has 0 heterocycles. The molecule has 0 saturated carbocycles. The number of halogens is 4. The lowest BCUT2D eigenvalue weighted by Crippen LogP contribution is -2.15. The summed E-state index contributed by atoms with van der Waals surface area (Å²) in [6, 6.07) is 0. The summed E-state index contributed by atoms with van der Waals surface area (Å²) in [6.45, 7) is 6.33. The van der Waals surface area contributed by atoms with Crippen LogP contribution in [0.2, 0.25) is 0 Å². The Hall–Kier alpha value is 0.650. The minimum Gasteiger partial charge on any atom is -0.273 e. The van der Waals surface area contributed by atoms with Crippen LogP contribution in [0.25, 0.3) is 4.85 Å². The minimum absolute atomic E-state index is 2.09. The summed E-state index contributed by atoms with van der Waals surface area (Å²) in [5, 5.41) is 0. The van der Waals surface area contributed by atoms with E-state index in [0.717, 1.165) is 0 Å². The third-order valence-corrected chi connectivity index (χ3v) is 1.85. The molecule has 0 atom stereocenters. The Morgan fingerprint density at radius 3 is 2.00 bits per heavy atom. The fraction of sp³-hybridized carbons (Fsp3) is 0.667. The molecule has 0 N–H and O–H groups in total. The highest BCUT2D eigenvalue weighted by Gasteiger charge is 2.38. The molecular weight excluding hydrogens is 192 g/mol. The first-order valence-corrected chi connectivity index (χ1v) is 2.97. The Morgan fingerprint density at radius 2 is 2.00 bits per heavy atom. The molecule has 5 heteroatoms. The van der Waals surface area contributed by atoms with Crippen molar-refractivity contribution in [3.63, 3.8) is 0 Å². The van der Waals surface area contributed by atoms with Crippen molar-refractivity contribution in [3.8, 4) is 0 Å². The molecule has 0 fully saturated rings. The van der Waals surface area contributed by atoms with E-state index >= 15 is 0 Å². The lowest BCUT2D eigenvalue weighted by molar-refractivity contribution is 1.06. The van der Waals surface area contributed by atoms with Crippen LogP contribution in [0.4, 0.5) is 0 Å². The molecule has 0 amide bonds. The van der Waals surface area contributed by atoms with E-state index in [-0.39, 0.29) is 0 Å². The average Bonchev–Trinajstić information content (AvgIpc) is 1.64. The fourth-order valence-electron chi connectivity index (χ4n) is 0.0423. The predicted octanol–water partition coefficient (Wildman–Crippen LogP) is 2.84. The average molecular weight is 194 g/mol. The first-order valence-electron chi connectivity index (χ1n) is 1.95. The van der Waals surface area contributed by atoms with Gasteiger partial charge in [-0.15, -0.1) is 0 Å². The van der Waals surface area contributed by atoms with Gasteiger partial charge in [0, 0.05) is 0 Å². The van der Waals surface area contributed by atoms with E-state index in [9.17, 15) is 0 Å². The van der Waals surface area contributed by atoms with E-state index in [1.807, 2.05) is 0 Å². The first kappa shape index (κ1) is 6.77. The largest absolute Gasteiger partial charge is 0.411 e. The molecule has 1 nitrogen and oxygen atoms in total. The quantitative estimate of drug-likeness (QED) is 0.343. The van der Waals surface area contributed by atoms with Crippen molar-refractivity contribution < 1.29 is 1.37 Å². The summed E-state index contributed by atoms with van der Waals surface area (Å²) in [4.78, 5) is 0.438. The maximum absolute atomic E-state index is 6.79. The van der Waals surface area contributed by atoms with Crippen molar-refractivity contribution in [2.45, 2.75) is 9.27 Å². The molecular formula is C3HCl4N. The summed E-state index contributed by atoms with van der Waals surface area (Å²) in [5.41, 5.74) is 0. The lowest BCUT2D eigenvalue weighted by atomic mass is 10.7. The van der Waals surface area contributed by atoms with Gasteiger partial charge < -0.3 is 0 Å². The highest BCUT2D eigenvalue weighted by atomic mass is 35.5. The Balaban J connectivity index is 4.39. The highest BCUT2D eigenvalue weighted by molar-refractivity contribution is 6.60. The van der Waals surface area contributed by atoms with Crippen molar-refractivity contribution in [1.82, 2.24) is 0 Å². The van der Waals surface area contributed by atoms with Crippen LogP contribution in [0.15, 0.2) is 0 Å². The van der Waals surface area contributed by atoms with Gasteiger partial charge in [-0.25, -0.2) is 6.57 Å². The molecule has 0 spiro atoms. The lowest BCUT2D eigenvalue weighted by Gasteiger charge is -2.03. The van der Waals surface area contributed by atoms with E-state index in [4.69, 9.17) is 54.3 Å². The van der Waals surface area contributed by atoms with Gasteiger partial charge >= 0.3 is 4.46 Å². The molecule has 0 bridgehead atoms. The predicted molar refractivity (Wildman–Crippen MR) is 36.5 cm³/mol. The molecule has 0 rings (SSSR count). The monoisotopic (exact) mass is 192 g/mol. The van der Waals surface area contributed by atoms with Crippen LogP contribution < -0.4 is 0 Å². The van der Waals surface area contributed by atoms with Crippen molar-refractivity contribution in [1.29, 1.82) is 0 Å². The van der Waals surface area contributed by atoms with Crippen LogP contribution in [0.3, 0.4) is 0 Å². The molecule has 0 aliphatic carbocycles. The molecule has 0 aromatic heterocycles. The SMILES string of the molecule is [2H]C(Cl)(Cl)C(Cl)(Cl)[N+]#[C-]. The van der Waals surface area contributed by atoms with Crippen molar-refractivity contribution >= 4 is 46.4 Å². The van der Waals surface area contributed by atoms with Gasteiger partial charge in [0.25, 0.3) is 0 Å². The third kappa shape index (κ3) is 2.28. The number of rotatable bonds is 1. The van der Waals surface area contributed by atoms with E-state index in [1.54, 1.807) is 0 Å². The third-order valence-electron chi connectivity index (χ3n) is 0.368. The van der Waals surface area contributed by atoms with Gasteiger partial charge in [0.05, 0.1) is 1.37 Å². The maximum Gasteiger partial charge on any atom is 0.411 e. The molecule has 0 aromatic carbocycles. The Kier molecular flexibility index (Phi) is 2.52. The topological polar surface area (TPSA) is 4.36 Å². The molecule has 0 unspecified atom stereocenters. The number of hydrogen-bond donors (Lipinski definition) is 0. The molecule has 0 aliphatic heterocycles. The van der Waals surface area contributed by atoms with Gasteiger partial charge in [0.2, 0.25) is 4.81 Å². The molecule has 0 radical (unpaired) electrons. The maximum atomic E-state index is 6.79. The number of hydrogen-bond acceptors (Lipinski definition) is 0. The van der Waals surface area contributed by atoms with Crippen LogP contribution in [0, 0.1) is 6.57 Å². The van der Waals surface area contributed by atoms with Gasteiger partial charge in [0.1, 0.15) is 0 Å². The van der Waals surface area contributed by atoms with E-state index in [0.29, 0.717) is 0 Å². The van der Waals surface area contributed by atoms with Crippen LogP contribution in [-0.4, -0.2) is 9.27 Å². The second-order valence-electron chi connectivity index (χ2n) is 0.913. The van der Waals surface area contributed by atoms with E-state index in [2.05, 4.69) is 4.85 Å². The van der Waals surface area contributed by atoms with E-state index in [1.165, 1.54) is 0 Å². The summed E-state index contributed by atoms with van der Waals surface area (Å²) in [6.07, 6.45) is 0. The second kappa shape index (κ2) is 2.98. The van der Waals surface area contributed by atoms with Gasteiger partial charge in [-0.05, 0) is 23.2 Å². The summed E-state index contributed by atoms with van der Waals surface area (Å²) >= 11 is 20.5. The first-order chi connectivity index (χ1) is 3.81. The van der Waals surface area contributed by atoms with Gasteiger partial charge in [-0.2, -0.15) is 0 Å². The Morgan fingerprint density at radius 1 is 1.62 bits per heavy atom. The van der Waals surface area contributed by atoms with Gasteiger partial charge in [0.15, 0.2) is 0 Å². The molecule has 0 aliphatic rings. The zero-order valence-electron chi connectivity index (χ0n) is 4.46. The molecule has 8 heavy (non-hydrogen) atoms. The zero-order valence-corrected chi connectivity index (χ0v) is 6.48. The highest BCUT2D eigenvalue weighted by Crippen LogP contribution is 2.32.